The summed E-state index contributed by atoms with van der Waals surface area (Å²) in [6.07, 6.45) is 7.98. The molecule has 4 rings (SSSR count). The van der Waals surface area contributed by atoms with Gasteiger partial charge in [-0.3, -0.25) is 14.6 Å². The van der Waals surface area contributed by atoms with E-state index in [-0.39, 0.29) is 18.0 Å². The SMILES string of the molecule is C[C@@H](C(=O)NC1CCN(c2cc(C3CC3)[nH]n2)CC1)n1cccn1. The van der Waals surface area contributed by atoms with E-state index < -0.39 is 0 Å². The van der Waals surface area contributed by atoms with Gasteiger partial charge < -0.3 is 10.2 Å². The fraction of sp³-hybridized carbons (Fsp3) is 0.588. The third-order valence-corrected chi connectivity index (χ3v) is 5.07. The Morgan fingerprint density at radius 1 is 1.33 bits per heavy atom. The van der Waals surface area contributed by atoms with Crippen molar-refractivity contribution in [1.29, 1.82) is 0 Å². The number of nitrogens with one attached hydrogen (secondary N) is 2. The van der Waals surface area contributed by atoms with Gasteiger partial charge in [0.15, 0.2) is 5.82 Å². The lowest BCUT2D eigenvalue weighted by Gasteiger charge is -2.32. The molecule has 1 saturated carbocycles. The molecule has 1 atom stereocenters. The van der Waals surface area contributed by atoms with Gasteiger partial charge in [0.05, 0.1) is 0 Å². The van der Waals surface area contributed by atoms with Crippen LogP contribution in [0.2, 0.25) is 0 Å². The number of piperidine rings is 1. The van der Waals surface area contributed by atoms with E-state index in [0.29, 0.717) is 5.92 Å². The third-order valence-electron chi connectivity index (χ3n) is 5.07. The molecule has 128 valence electrons. The van der Waals surface area contributed by atoms with Crippen LogP contribution in [-0.4, -0.2) is 45.0 Å². The summed E-state index contributed by atoms with van der Waals surface area (Å²) in [5.74, 6) is 1.78. The average molecular weight is 328 g/mol. The number of rotatable bonds is 5. The van der Waals surface area contributed by atoms with Crippen molar-refractivity contribution in [2.24, 2.45) is 0 Å². The molecule has 2 aromatic rings. The Labute approximate surface area is 141 Å². The Balaban J connectivity index is 1.28. The van der Waals surface area contributed by atoms with Crippen LogP contribution >= 0.6 is 0 Å². The van der Waals surface area contributed by atoms with Crippen molar-refractivity contribution in [1.82, 2.24) is 25.3 Å². The minimum Gasteiger partial charge on any atom is -0.355 e. The molecule has 1 aliphatic carbocycles. The predicted octanol–water partition coefficient (Wildman–Crippen LogP) is 1.83. The number of carbonyl (C=O) groups is 1. The number of amides is 1. The Hall–Kier alpha value is -2.31. The fourth-order valence-electron chi connectivity index (χ4n) is 3.30. The normalized spacial score (nSPS) is 20.1. The second kappa shape index (κ2) is 6.30. The highest BCUT2D eigenvalue weighted by Crippen LogP contribution is 2.40. The van der Waals surface area contributed by atoms with E-state index in [4.69, 9.17) is 0 Å². The molecule has 1 amide bonds. The first-order chi connectivity index (χ1) is 11.7. The highest BCUT2D eigenvalue weighted by Gasteiger charge is 2.28. The number of hydrogen-bond acceptors (Lipinski definition) is 4. The first-order valence-electron chi connectivity index (χ1n) is 8.80. The van der Waals surface area contributed by atoms with Gasteiger partial charge in [-0.2, -0.15) is 10.2 Å². The number of nitrogens with zero attached hydrogens (tertiary/aromatic N) is 4. The van der Waals surface area contributed by atoms with E-state index in [9.17, 15) is 4.79 Å². The van der Waals surface area contributed by atoms with Gasteiger partial charge in [-0.15, -0.1) is 0 Å². The molecule has 0 bridgehead atoms. The number of anilines is 1. The summed E-state index contributed by atoms with van der Waals surface area (Å²) < 4.78 is 1.69. The lowest BCUT2D eigenvalue weighted by molar-refractivity contribution is -0.125. The van der Waals surface area contributed by atoms with Crippen molar-refractivity contribution in [3.63, 3.8) is 0 Å². The van der Waals surface area contributed by atoms with Crippen molar-refractivity contribution < 1.29 is 4.79 Å². The van der Waals surface area contributed by atoms with E-state index in [2.05, 4.69) is 31.6 Å². The third kappa shape index (κ3) is 3.16. The average Bonchev–Trinajstić information content (AvgIpc) is 3.12. The molecule has 0 radical (unpaired) electrons. The molecule has 2 aromatic heterocycles. The lowest BCUT2D eigenvalue weighted by Crippen LogP contribution is -2.46. The highest BCUT2D eigenvalue weighted by molar-refractivity contribution is 5.80. The van der Waals surface area contributed by atoms with Crippen molar-refractivity contribution in [2.75, 3.05) is 18.0 Å². The van der Waals surface area contributed by atoms with Crippen LogP contribution in [0.15, 0.2) is 24.5 Å². The molecular weight excluding hydrogens is 304 g/mol. The summed E-state index contributed by atoms with van der Waals surface area (Å²) in [4.78, 5) is 14.7. The van der Waals surface area contributed by atoms with Crippen LogP contribution in [0.1, 0.15) is 50.3 Å². The molecule has 24 heavy (non-hydrogen) atoms. The predicted molar refractivity (Wildman–Crippen MR) is 90.9 cm³/mol. The largest absolute Gasteiger partial charge is 0.355 e. The first-order valence-corrected chi connectivity index (χ1v) is 8.80. The van der Waals surface area contributed by atoms with Crippen LogP contribution in [-0.2, 0) is 4.79 Å². The quantitative estimate of drug-likeness (QED) is 0.878. The Morgan fingerprint density at radius 3 is 2.79 bits per heavy atom. The molecule has 1 saturated heterocycles. The van der Waals surface area contributed by atoms with Gasteiger partial charge in [0.2, 0.25) is 5.91 Å². The van der Waals surface area contributed by atoms with E-state index in [1.54, 1.807) is 10.9 Å². The summed E-state index contributed by atoms with van der Waals surface area (Å²) in [6.45, 7) is 3.73. The highest BCUT2D eigenvalue weighted by atomic mass is 16.2. The van der Waals surface area contributed by atoms with E-state index >= 15 is 0 Å². The zero-order chi connectivity index (χ0) is 16.5. The molecule has 2 fully saturated rings. The second-order valence-corrected chi connectivity index (χ2v) is 6.89. The fourth-order valence-corrected chi connectivity index (χ4v) is 3.30. The first kappa shape index (κ1) is 15.2. The number of hydrogen-bond donors (Lipinski definition) is 2. The molecule has 1 aliphatic heterocycles. The standard InChI is InChI=1S/C17H24N6O/c1-12(23-8-2-7-18-23)17(24)19-14-5-9-22(10-6-14)16-11-15(20-21-16)13-3-4-13/h2,7-8,11-14H,3-6,9-10H2,1H3,(H,19,24)(H,20,21)/t12-/m0/s1. The van der Waals surface area contributed by atoms with Crippen molar-refractivity contribution in [3.05, 3.63) is 30.2 Å². The maximum absolute atomic E-state index is 12.3. The summed E-state index contributed by atoms with van der Waals surface area (Å²) in [5.41, 5.74) is 1.27. The molecule has 3 heterocycles. The smallest absolute Gasteiger partial charge is 0.244 e. The minimum absolute atomic E-state index is 0.0351. The number of carbonyl (C=O) groups excluding carboxylic acids is 1. The van der Waals surface area contributed by atoms with E-state index in [0.717, 1.165) is 31.7 Å². The van der Waals surface area contributed by atoms with Gasteiger partial charge in [0.25, 0.3) is 0 Å². The minimum atomic E-state index is -0.273. The lowest BCUT2D eigenvalue weighted by atomic mass is 10.0. The van der Waals surface area contributed by atoms with E-state index in [1.165, 1.54) is 18.5 Å². The van der Waals surface area contributed by atoms with Crippen molar-refractivity contribution in [3.8, 4) is 0 Å². The van der Waals surface area contributed by atoms with Gasteiger partial charge in [-0.05, 0) is 38.7 Å². The van der Waals surface area contributed by atoms with Crippen LogP contribution in [0, 0.1) is 0 Å². The zero-order valence-electron chi connectivity index (χ0n) is 14.0. The van der Waals surface area contributed by atoms with Gasteiger partial charge in [0.1, 0.15) is 6.04 Å². The van der Waals surface area contributed by atoms with Gasteiger partial charge in [-0.1, -0.05) is 0 Å². The molecule has 2 aliphatic rings. The van der Waals surface area contributed by atoms with Crippen LogP contribution in [0.3, 0.4) is 0 Å². The number of H-pyrrole nitrogens is 1. The Morgan fingerprint density at radius 2 is 2.12 bits per heavy atom. The molecule has 0 aromatic carbocycles. The zero-order valence-corrected chi connectivity index (χ0v) is 14.0. The van der Waals surface area contributed by atoms with Gasteiger partial charge in [-0.25, -0.2) is 0 Å². The van der Waals surface area contributed by atoms with Crippen LogP contribution in [0.25, 0.3) is 0 Å². The maximum Gasteiger partial charge on any atom is 0.244 e. The molecular formula is C17H24N6O. The van der Waals surface area contributed by atoms with Crippen molar-refractivity contribution >= 4 is 11.7 Å². The molecule has 2 N–H and O–H groups in total. The van der Waals surface area contributed by atoms with E-state index in [1.807, 2.05) is 19.2 Å². The maximum atomic E-state index is 12.3. The van der Waals surface area contributed by atoms with Crippen molar-refractivity contribution in [2.45, 2.75) is 50.6 Å². The molecule has 0 unspecified atom stereocenters. The topological polar surface area (TPSA) is 78.8 Å². The van der Waals surface area contributed by atoms with Crippen LogP contribution < -0.4 is 10.2 Å². The molecule has 0 spiro atoms. The van der Waals surface area contributed by atoms with Crippen LogP contribution in [0.4, 0.5) is 5.82 Å². The number of aromatic amines is 1. The Kier molecular flexibility index (Phi) is 4.00. The molecule has 7 nitrogen and oxygen atoms in total. The summed E-state index contributed by atoms with van der Waals surface area (Å²) in [6, 6.07) is 3.98. The summed E-state index contributed by atoms with van der Waals surface area (Å²) in [7, 11) is 0. The van der Waals surface area contributed by atoms with Gasteiger partial charge in [0, 0.05) is 49.2 Å². The second-order valence-electron chi connectivity index (χ2n) is 6.89. The monoisotopic (exact) mass is 328 g/mol. The Bertz CT molecular complexity index is 682. The summed E-state index contributed by atoms with van der Waals surface area (Å²) >= 11 is 0. The number of aromatic nitrogens is 4. The molecule has 7 heteroatoms. The van der Waals surface area contributed by atoms with Crippen LogP contribution in [0.5, 0.6) is 0 Å². The van der Waals surface area contributed by atoms with Gasteiger partial charge >= 0.3 is 0 Å². The summed E-state index contributed by atoms with van der Waals surface area (Å²) in [5, 5.41) is 14.9.